The third-order valence-electron chi connectivity index (χ3n) is 2.77. The van der Waals surface area contributed by atoms with Gasteiger partial charge in [0, 0.05) is 13.2 Å². The second-order valence-electron chi connectivity index (χ2n) is 4.96. The van der Waals surface area contributed by atoms with Crippen LogP contribution in [-0.2, 0) is 11.3 Å². The summed E-state index contributed by atoms with van der Waals surface area (Å²) in [6, 6.07) is 4.40. The van der Waals surface area contributed by atoms with Crippen LogP contribution in [0.2, 0.25) is 0 Å². The van der Waals surface area contributed by atoms with Crippen molar-refractivity contribution in [3.8, 4) is 0 Å². The number of nitrogens with one attached hydrogen (secondary N) is 1. The normalized spacial score (nSPS) is 14.1. The molecule has 3 heteroatoms. The van der Waals surface area contributed by atoms with Crippen molar-refractivity contribution in [2.75, 3.05) is 7.11 Å². The number of aryl methyl sites for hydroxylation is 1. The molecular weight excluding hydrogens is 202 g/mol. The van der Waals surface area contributed by atoms with Gasteiger partial charge in [0.05, 0.1) is 12.1 Å². The molecule has 16 heavy (non-hydrogen) atoms. The molecule has 0 saturated heterocycles. The first-order chi connectivity index (χ1) is 7.43. The van der Waals surface area contributed by atoms with E-state index in [1.165, 1.54) is 0 Å². The summed E-state index contributed by atoms with van der Waals surface area (Å²) >= 11 is 0. The van der Waals surface area contributed by atoms with Gasteiger partial charge in [-0.15, -0.1) is 0 Å². The number of methoxy groups -OCH3 is 1. The summed E-state index contributed by atoms with van der Waals surface area (Å²) in [4.78, 5) is 0. The molecule has 0 bridgehead atoms. The Morgan fingerprint density at radius 1 is 1.44 bits per heavy atom. The van der Waals surface area contributed by atoms with Gasteiger partial charge in [-0.2, -0.15) is 0 Å². The first-order valence-electron chi connectivity index (χ1n) is 5.77. The molecule has 0 amide bonds. The SMILES string of the molecule is COC(C)(C)CC(C)NCc1ccc(C)o1. The summed E-state index contributed by atoms with van der Waals surface area (Å²) < 4.78 is 10.9. The molecule has 1 rings (SSSR count). The van der Waals surface area contributed by atoms with E-state index in [2.05, 4.69) is 26.1 Å². The van der Waals surface area contributed by atoms with Crippen molar-refractivity contribution in [2.24, 2.45) is 0 Å². The molecule has 1 aromatic heterocycles. The summed E-state index contributed by atoms with van der Waals surface area (Å²) in [5.74, 6) is 1.95. The van der Waals surface area contributed by atoms with Crippen molar-refractivity contribution >= 4 is 0 Å². The van der Waals surface area contributed by atoms with E-state index in [0.717, 1.165) is 24.5 Å². The monoisotopic (exact) mass is 225 g/mol. The van der Waals surface area contributed by atoms with Gasteiger partial charge in [-0.25, -0.2) is 0 Å². The Morgan fingerprint density at radius 2 is 2.12 bits per heavy atom. The zero-order chi connectivity index (χ0) is 12.2. The Morgan fingerprint density at radius 3 is 2.62 bits per heavy atom. The zero-order valence-corrected chi connectivity index (χ0v) is 11.0. The molecule has 0 radical (unpaired) electrons. The molecule has 0 saturated carbocycles. The maximum atomic E-state index is 5.50. The Hall–Kier alpha value is -0.800. The molecule has 0 aliphatic carbocycles. The van der Waals surface area contributed by atoms with Gasteiger partial charge in [0.15, 0.2) is 0 Å². The van der Waals surface area contributed by atoms with E-state index in [4.69, 9.17) is 9.15 Å². The van der Waals surface area contributed by atoms with E-state index in [0.29, 0.717) is 6.04 Å². The number of furan rings is 1. The van der Waals surface area contributed by atoms with Gasteiger partial charge in [0.2, 0.25) is 0 Å². The molecule has 0 spiro atoms. The molecule has 3 nitrogen and oxygen atoms in total. The minimum absolute atomic E-state index is 0.0779. The minimum Gasteiger partial charge on any atom is -0.465 e. The van der Waals surface area contributed by atoms with Crippen LogP contribution in [0.4, 0.5) is 0 Å². The van der Waals surface area contributed by atoms with Crippen LogP contribution in [0.25, 0.3) is 0 Å². The number of hydrogen-bond donors (Lipinski definition) is 1. The molecule has 1 aromatic rings. The lowest BCUT2D eigenvalue weighted by atomic mass is 10.00. The van der Waals surface area contributed by atoms with Crippen LogP contribution < -0.4 is 5.32 Å². The fourth-order valence-electron chi connectivity index (χ4n) is 1.75. The second-order valence-corrected chi connectivity index (χ2v) is 4.96. The molecule has 0 aliphatic rings. The maximum absolute atomic E-state index is 5.50. The van der Waals surface area contributed by atoms with Crippen molar-refractivity contribution in [1.82, 2.24) is 5.32 Å². The molecule has 1 N–H and O–H groups in total. The van der Waals surface area contributed by atoms with Crippen LogP contribution in [0.15, 0.2) is 16.5 Å². The van der Waals surface area contributed by atoms with Crippen molar-refractivity contribution in [3.63, 3.8) is 0 Å². The molecular formula is C13H23NO2. The lowest BCUT2D eigenvalue weighted by Gasteiger charge is -2.26. The van der Waals surface area contributed by atoms with Crippen LogP contribution >= 0.6 is 0 Å². The summed E-state index contributed by atoms with van der Waals surface area (Å²) in [6.45, 7) is 9.09. The average molecular weight is 225 g/mol. The van der Waals surface area contributed by atoms with Crippen molar-refractivity contribution in [1.29, 1.82) is 0 Å². The minimum atomic E-state index is -0.0779. The Balaban J connectivity index is 2.33. The van der Waals surface area contributed by atoms with Crippen LogP contribution in [-0.4, -0.2) is 18.8 Å². The summed E-state index contributed by atoms with van der Waals surface area (Å²) in [7, 11) is 1.75. The van der Waals surface area contributed by atoms with E-state index in [1.807, 2.05) is 19.1 Å². The Bertz CT molecular complexity index is 317. The topological polar surface area (TPSA) is 34.4 Å². The van der Waals surface area contributed by atoms with Crippen LogP contribution in [0.1, 0.15) is 38.7 Å². The second kappa shape index (κ2) is 5.51. The van der Waals surface area contributed by atoms with E-state index >= 15 is 0 Å². The fraction of sp³-hybridized carbons (Fsp3) is 0.692. The van der Waals surface area contributed by atoms with Gasteiger partial charge in [-0.05, 0) is 46.2 Å². The van der Waals surface area contributed by atoms with Gasteiger partial charge in [-0.3, -0.25) is 0 Å². The fourth-order valence-corrected chi connectivity index (χ4v) is 1.75. The van der Waals surface area contributed by atoms with Crippen molar-refractivity contribution in [2.45, 2.75) is 52.3 Å². The summed E-state index contributed by atoms with van der Waals surface area (Å²) in [5.41, 5.74) is -0.0779. The number of hydrogen-bond acceptors (Lipinski definition) is 3. The summed E-state index contributed by atoms with van der Waals surface area (Å²) in [6.07, 6.45) is 0.975. The molecule has 0 fully saturated rings. The lowest BCUT2D eigenvalue weighted by Crippen LogP contribution is -2.35. The molecule has 1 unspecified atom stereocenters. The van der Waals surface area contributed by atoms with Crippen molar-refractivity contribution in [3.05, 3.63) is 23.7 Å². The highest BCUT2D eigenvalue weighted by molar-refractivity contribution is 5.05. The van der Waals surface area contributed by atoms with Crippen molar-refractivity contribution < 1.29 is 9.15 Å². The molecule has 0 aliphatic heterocycles. The zero-order valence-electron chi connectivity index (χ0n) is 11.0. The smallest absolute Gasteiger partial charge is 0.117 e. The van der Waals surface area contributed by atoms with E-state index < -0.39 is 0 Å². The number of ether oxygens (including phenoxy) is 1. The van der Waals surface area contributed by atoms with Crippen LogP contribution in [0, 0.1) is 6.92 Å². The Labute approximate surface area is 98.2 Å². The van der Waals surface area contributed by atoms with E-state index in [-0.39, 0.29) is 5.60 Å². The highest BCUT2D eigenvalue weighted by Gasteiger charge is 2.19. The average Bonchev–Trinajstić information content (AvgIpc) is 2.61. The quantitative estimate of drug-likeness (QED) is 0.808. The molecule has 92 valence electrons. The highest BCUT2D eigenvalue weighted by Crippen LogP contribution is 2.15. The predicted molar refractivity (Wildman–Crippen MR) is 65.5 cm³/mol. The lowest BCUT2D eigenvalue weighted by molar-refractivity contribution is 0.00831. The first-order valence-corrected chi connectivity index (χ1v) is 5.77. The van der Waals surface area contributed by atoms with Gasteiger partial charge in [0.1, 0.15) is 11.5 Å². The highest BCUT2D eigenvalue weighted by atomic mass is 16.5. The van der Waals surface area contributed by atoms with Gasteiger partial charge >= 0.3 is 0 Å². The Kier molecular flexibility index (Phi) is 4.56. The van der Waals surface area contributed by atoms with E-state index in [1.54, 1.807) is 7.11 Å². The largest absolute Gasteiger partial charge is 0.465 e. The number of rotatable bonds is 6. The van der Waals surface area contributed by atoms with Gasteiger partial charge in [-0.1, -0.05) is 0 Å². The van der Waals surface area contributed by atoms with Gasteiger partial charge < -0.3 is 14.5 Å². The van der Waals surface area contributed by atoms with Crippen LogP contribution in [0.5, 0.6) is 0 Å². The predicted octanol–water partition coefficient (Wildman–Crippen LogP) is 2.88. The van der Waals surface area contributed by atoms with Crippen LogP contribution in [0.3, 0.4) is 0 Å². The van der Waals surface area contributed by atoms with E-state index in [9.17, 15) is 0 Å². The van der Waals surface area contributed by atoms with Gasteiger partial charge in [0.25, 0.3) is 0 Å². The third kappa shape index (κ3) is 4.37. The summed E-state index contributed by atoms with van der Waals surface area (Å²) in [5, 5.41) is 3.43. The third-order valence-corrected chi connectivity index (χ3v) is 2.77. The maximum Gasteiger partial charge on any atom is 0.117 e. The first kappa shape index (κ1) is 13.3. The molecule has 1 atom stereocenters. The molecule has 1 heterocycles. The standard InChI is InChI=1S/C13H23NO2/c1-10(8-13(3,4)15-5)14-9-12-7-6-11(2)16-12/h6-7,10,14H,8-9H2,1-5H3. The molecule has 0 aromatic carbocycles.